The van der Waals surface area contributed by atoms with Crippen LogP contribution in [0.5, 0.6) is 0 Å². The van der Waals surface area contributed by atoms with Crippen LogP contribution in [0.1, 0.15) is 11.7 Å². The first-order chi connectivity index (χ1) is 5.25. The Balaban J connectivity index is 2.67. The van der Waals surface area contributed by atoms with Gasteiger partial charge < -0.3 is 5.73 Å². The van der Waals surface area contributed by atoms with Gasteiger partial charge in [-0.05, 0) is 6.26 Å². The zero-order chi connectivity index (χ0) is 8.27. The van der Waals surface area contributed by atoms with E-state index in [4.69, 9.17) is 5.73 Å². The van der Waals surface area contributed by atoms with Crippen LogP contribution in [-0.4, -0.2) is 27.0 Å². The highest BCUT2D eigenvalue weighted by molar-refractivity contribution is 7.98. The van der Waals surface area contributed by atoms with E-state index >= 15 is 0 Å². The molecule has 62 valence electrons. The number of nitrogens with two attached hydrogens (primary N) is 1. The highest BCUT2D eigenvalue weighted by Gasteiger charge is 2.08. The largest absolute Gasteiger partial charge is 0.322 e. The van der Waals surface area contributed by atoms with Gasteiger partial charge in [0.25, 0.3) is 0 Å². The smallest absolute Gasteiger partial charge is 0.0759 e. The van der Waals surface area contributed by atoms with Gasteiger partial charge in [-0.1, -0.05) is 5.21 Å². The molecule has 0 saturated heterocycles. The maximum absolute atomic E-state index is 5.83. The van der Waals surface area contributed by atoms with E-state index in [-0.39, 0.29) is 6.04 Å². The predicted octanol–water partition coefficient (Wildman–Crippen LogP) is 0.178. The monoisotopic (exact) mass is 172 g/mol. The van der Waals surface area contributed by atoms with Gasteiger partial charge in [0.1, 0.15) is 0 Å². The molecule has 0 amide bonds. The van der Waals surface area contributed by atoms with E-state index in [0.717, 1.165) is 11.4 Å². The fourth-order valence-electron chi connectivity index (χ4n) is 0.898. The minimum absolute atomic E-state index is 0.0463. The third-order valence-corrected chi connectivity index (χ3v) is 2.17. The van der Waals surface area contributed by atoms with Crippen LogP contribution in [0, 0.1) is 0 Å². The average molecular weight is 172 g/mol. The first-order valence-corrected chi connectivity index (χ1v) is 4.74. The van der Waals surface area contributed by atoms with Crippen molar-refractivity contribution in [3.05, 3.63) is 11.9 Å². The van der Waals surface area contributed by atoms with Gasteiger partial charge in [-0.15, -0.1) is 5.10 Å². The Morgan fingerprint density at radius 2 is 2.55 bits per heavy atom. The van der Waals surface area contributed by atoms with Gasteiger partial charge in [0.05, 0.1) is 17.9 Å². The molecule has 2 N–H and O–H groups in total. The van der Waals surface area contributed by atoms with E-state index < -0.39 is 0 Å². The first kappa shape index (κ1) is 8.55. The summed E-state index contributed by atoms with van der Waals surface area (Å²) in [4.78, 5) is 0. The van der Waals surface area contributed by atoms with Gasteiger partial charge >= 0.3 is 0 Å². The molecule has 0 aromatic carbocycles. The molecule has 0 aliphatic heterocycles. The summed E-state index contributed by atoms with van der Waals surface area (Å²) in [6.45, 7) is 0. The highest BCUT2D eigenvalue weighted by Crippen LogP contribution is 2.11. The summed E-state index contributed by atoms with van der Waals surface area (Å²) >= 11 is 1.72. The number of hydrogen-bond donors (Lipinski definition) is 1. The van der Waals surface area contributed by atoms with Crippen molar-refractivity contribution in [3.63, 3.8) is 0 Å². The molecule has 0 bridgehead atoms. The van der Waals surface area contributed by atoms with Crippen LogP contribution in [0.2, 0.25) is 0 Å². The standard InChI is InChI=1S/C6H12N4S/c1-10-6(3-8-9-10)5(7)4-11-2/h3,5H,4,7H2,1-2H3. The van der Waals surface area contributed by atoms with Crippen LogP contribution in [-0.2, 0) is 7.05 Å². The molecule has 5 heteroatoms. The molecule has 0 radical (unpaired) electrons. The normalized spacial score (nSPS) is 13.4. The quantitative estimate of drug-likeness (QED) is 0.706. The number of nitrogens with zero attached hydrogens (tertiary/aromatic N) is 3. The van der Waals surface area contributed by atoms with Gasteiger partial charge in [-0.25, -0.2) is 0 Å². The van der Waals surface area contributed by atoms with Crippen LogP contribution in [0.25, 0.3) is 0 Å². The molecule has 1 unspecified atom stereocenters. The lowest BCUT2D eigenvalue weighted by molar-refractivity contribution is 0.641. The molecule has 1 aromatic heterocycles. The molecule has 1 atom stereocenters. The van der Waals surface area contributed by atoms with Crippen molar-refractivity contribution in [2.75, 3.05) is 12.0 Å². The van der Waals surface area contributed by atoms with Crippen molar-refractivity contribution in [1.29, 1.82) is 0 Å². The highest BCUT2D eigenvalue weighted by atomic mass is 32.2. The molecular formula is C6H12N4S. The second kappa shape index (κ2) is 3.73. The van der Waals surface area contributed by atoms with Crippen molar-refractivity contribution >= 4 is 11.8 Å². The number of rotatable bonds is 3. The van der Waals surface area contributed by atoms with Crippen molar-refractivity contribution in [2.24, 2.45) is 12.8 Å². The van der Waals surface area contributed by atoms with Crippen LogP contribution < -0.4 is 5.73 Å². The Morgan fingerprint density at radius 1 is 1.82 bits per heavy atom. The molecule has 0 aliphatic carbocycles. The molecule has 1 heterocycles. The molecule has 0 aliphatic rings. The lowest BCUT2D eigenvalue weighted by Gasteiger charge is -2.07. The summed E-state index contributed by atoms with van der Waals surface area (Å²) in [5.74, 6) is 0.904. The summed E-state index contributed by atoms with van der Waals surface area (Å²) in [5.41, 5.74) is 6.81. The van der Waals surface area contributed by atoms with Crippen LogP contribution >= 0.6 is 11.8 Å². The maximum Gasteiger partial charge on any atom is 0.0759 e. The molecule has 1 rings (SSSR count). The van der Waals surface area contributed by atoms with Crippen molar-refractivity contribution in [3.8, 4) is 0 Å². The summed E-state index contributed by atoms with van der Waals surface area (Å²) in [7, 11) is 1.85. The van der Waals surface area contributed by atoms with Gasteiger partial charge in [0.15, 0.2) is 0 Å². The maximum atomic E-state index is 5.83. The van der Waals surface area contributed by atoms with Crippen LogP contribution in [0.15, 0.2) is 6.20 Å². The van der Waals surface area contributed by atoms with Gasteiger partial charge in [0, 0.05) is 12.8 Å². The summed E-state index contributed by atoms with van der Waals surface area (Å²) in [6.07, 6.45) is 3.74. The molecule has 1 aromatic rings. The number of thioether (sulfide) groups is 1. The molecule has 0 spiro atoms. The number of hydrogen-bond acceptors (Lipinski definition) is 4. The zero-order valence-electron chi connectivity index (χ0n) is 6.69. The third kappa shape index (κ3) is 1.94. The molecule has 0 fully saturated rings. The average Bonchev–Trinajstić information content (AvgIpc) is 2.36. The van der Waals surface area contributed by atoms with Gasteiger partial charge in [-0.2, -0.15) is 11.8 Å². The van der Waals surface area contributed by atoms with E-state index in [1.54, 1.807) is 22.6 Å². The number of aromatic nitrogens is 3. The van der Waals surface area contributed by atoms with Crippen LogP contribution in [0.4, 0.5) is 0 Å². The van der Waals surface area contributed by atoms with Crippen molar-refractivity contribution in [2.45, 2.75) is 6.04 Å². The van der Waals surface area contributed by atoms with Crippen LogP contribution in [0.3, 0.4) is 0 Å². The Morgan fingerprint density at radius 3 is 3.00 bits per heavy atom. The first-order valence-electron chi connectivity index (χ1n) is 3.34. The summed E-state index contributed by atoms with van der Waals surface area (Å²) < 4.78 is 1.71. The molecule has 4 nitrogen and oxygen atoms in total. The van der Waals surface area contributed by atoms with E-state index in [9.17, 15) is 0 Å². The predicted molar refractivity (Wildman–Crippen MR) is 46.3 cm³/mol. The third-order valence-electron chi connectivity index (χ3n) is 1.48. The van der Waals surface area contributed by atoms with Gasteiger partial charge in [-0.3, -0.25) is 4.68 Å². The van der Waals surface area contributed by atoms with Crippen molar-refractivity contribution in [1.82, 2.24) is 15.0 Å². The topological polar surface area (TPSA) is 56.7 Å². The molecular weight excluding hydrogens is 160 g/mol. The second-order valence-electron chi connectivity index (χ2n) is 2.34. The second-order valence-corrected chi connectivity index (χ2v) is 3.26. The Labute approximate surface area is 70.1 Å². The molecule has 0 saturated carbocycles. The summed E-state index contributed by atoms with van der Waals surface area (Å²) in [5, 5.41) is 7.55. The Kier molecular flexibility index (Phi) is 2.90. The van der Waals surface area contributed by atoms with Gasteiger partial charge in [0.2, 0.25) is 0 Å². The van der Waals surface area contributed by atoms with E-state index in [0.29, 0.717) is 0 Å². The lowest BCUT2D eigenvalue weighted by Crippen LogP contribution is -2.16. The number of aryl methyl sites for hydroxylation is 1. The SMILES string of the molecule is CSCC(N)c1cnnn1C. The summed E-state index contributed by atoms with van der Waals surface area (Å²) in [6, 6.07) is 0.0463. The fraction of sp³-hybridized carbons (Fsp3) is 0.667. The molecule has 11 heavy (non-hydrogen) atoms. The Hall–Kier alpha value is -0.550. The van der Waals surface area contributed by atoms with Crippen molar-refractivity contribution < 1.29 is 0 Å². The Bertz CT molecular complexity index is 222. The fourth-order valence-corrected chi connectivity index (χ4v) is 1.43. The van der Waals surface area contributed by atoms with E-state index in [1.165, 1.54) is 0 Å². The van der Waals surface area contributed by atoms with E-state index in [1.807, 2.05) is 13.3 Å². The minimum Gasteiger partial charge on any atom is -0.322 e. The minimum atomic E-state index is 0.0463. The van der Waals surface area contributed by atoms with E-state index in [2.05, 4.69) is 10.3 Å². The lowest BCUT2D eigenvalue weighted by atomic mass is 10.3. The zero-order valence-corrected chi connectivity index (χ0v) is 7.51.